The van der Waals surface area contributed by atoms with Crippen LogP contribution in [0.3, 0.4) is 0 Å². The van der Waals surface area contributed by atoms with Crippen LogP contribution >= 0.6 is 0 Å². The van der Waals surface area contributed by atoms with Gasteiger partial charge in [-0.25, -0.2) is 0 Å². The number of halogens is 3. The van der Waals surface area contributed by atoms with Gasteiger partial charge in [-0.15, -0.1) is 0 Å². The summed E-state index contributed by atoms with van der Waals surface area (Å²) in [4.78, 5) is 12.8. The van der Waals surface area contributed by atoms with Gasteiger partial charge < -0.3 is 15.3 Å². The molecule has 0 aromatic heterocycles. The van der Waals surface area contributed by atoms with E-state index in [0.29, 0.717) is 13.0 Å². The number of carbonyl (C=O) groups excluding carboxylic acids is 1. The number of rotatable bonds is 3. The molecule has 0 saturated carbocycles. The highest BCUT2D eigenvalue weighted by Gasteiger charge is 2.34. The van der Waals surface area contributed by atoms with E-state index in [1.54, 1.807) is 6.92 Å². The van der Waals surface area contributed by atoms with Gasteiger partial charge in [-0.3, -0.25) is 4.79 Å². The lowest BCUT2D eigenvalue weighted by Crippen LogP contribution is -2.54. The summed E-state index contributed by atoms with van der Waals surface area (Å²) in [5, 5.41) is 11.9. The lowest BCUT2D eigenvalue weighted by molar-refractivity contribution is -0.134. The highest BCUT2D eigenvalue weighted by atomic mass is 19.4. The molecule has 7 heteroatoms. The molecule has 0 aliphatic carbocycles. The van der Waals surface area contributed by atoms with Crippen molar-refractivity contribution < 1.29 is 23.1 Å². The Kier molecular flexibility index (Phi) is 4.98. The summed E-state index contributed by atoms with van der Waals surface area (Å²) in [5.74, 6) is -0.368. The van der Waals surface area contributed by atoms with Crippen LogP contribution in [0.4, 0.5) is 13.2 Å². The van der Waals surface area contributed by atoms with E-state index in [4.69, 9.17) is 0 Å². The maximum absolute atomic E-state index is 12.1. The highest BCUT2D eigenvalue weighted by molar-refractivity contribution is 5.73. The lowest BCUT2D eigenvalue weighted by Gasteiger charge is -2.39. The highest BCUT2D eigenvalue weighted by Crippen LogP contribution is 2.21. The molecule has 0 spiro atoms. The van der Waals surface area contributed by atoms with Gasteiger partial charge in [-0.2, -0.15) is 13.2 Å². The standard InChI is InChI=1S/C11H19F3N2O2/c1-7(17)9-3-10(15-6-11(12,13)14)5-16(4-9)8(2)18/h7,9-10,15,17H,3-6H2,1-2H3. The normalized spacial score (nSPS) is 27.1. The summed E-state index contributed by atoms with van der Waals surface area (Å²) in [7, 11) is 0. The van der Waals surface area contributed by atoms with Crippen LogP contribution in [-0.4, -0.2) is 53.9 Å². The Morgan fingerprint density at radius 1 is 1.50 bits per heavy atom. The summed E-state index contributed by atoms with van der Waals surface area (Å²) >= 11 is 0. The molecule has 106 valence electrons. The Hall–Kier alpha value is -0.820. The molecule has 1 rings (SSSR count). The van der Waals surface area contributed by atoms with Gasteiger partial charge in [0.2, 0.25) is 5.91 Å². The average molecular weight is 268 g/mol. The molecular weight excluding hydrogens is 249 g/mol. The molecule has 1 saturated heterocycles. The quantitative estimate of drug-likeness (QED) is 0.794. The second kappa shape index (κ2) is 5.88. The molecule has 1 heterocycles. The fourth-order valence-electron chi connectivity index (χ4n) is 2.15. The minimum absolute atomic E-state index is 0.181. The molecule has 3 atom stereocenters. The summed E-state index contributed by atoms with van der Waals surface area (Å²) in [6, 6.07) is -0.427. The van der Waals surface area contributed by atoms with Crippen molar-refractivity contribution in [1.82, 2.24) is 10.2 Å². The maximum atomic E-state index is 12.1. The predicted molar refractivity (Wildman–Crippen MR) is 59.9 cm³/mol. The van der Waals surface area contributed by atoms with E-state index >= 15 is 0 Å². The maximum Gasteiger partial charge on any atom is 0.401 e. The molecule has 0 aromatic carbocycles. The van der Waals surface area contributed by atoms with Gasteiger partial charge in [-0.1, -0.05) is 0 Å². The van der Waals surface area contributed by atoms with Crippen molar-refractivity contribution >= 4 is 5.91 Å². The molecule has 2 N–H and O–H groups in total. The van der Waals surface area contributed by atoms with Gasteiger partial charge in [0, 0.05) is 32.0 Å². The second-order valence-corrected chi connectivity index (χ2v) is 4.85. The van der Waals surface area contributed by atoms with Gasteiger partial charge in [0.25, 0.3) is 0 Å². The number of nitrogens with one attached hydrogen (secondary N) is 1. The van der Waals surface area contributed by atoms with E-state index in [0.717, 1.165) is 0 Å². The van der Waals surface area contributed by atoms with E-state index in [9.17, 15) is 23.1 Å². The topological polar surface area (TPSA) is 52.6 Å². The Morgan fingerprint density at radius 3 is 2.56 bits per heavy atom. The third-order valence-corrected chi connectivity index (χ3v) is 3.20. The van der Waals surface area contributed by atoms with Crippen molar-refractivity contribution in [3.63, 3.8) is 0 Å². The summed E-state index contributed by atoms with van der Waals surface area (Å²) < 4.78 is 36.4. The zero-order valence-electron chi connectivity index (χ0n) is 10.5. The SMILES string of the molecule is CC(=O)N1CC(NCC(F)(F)F)CC(C(C)O)C1. The molecule has 18 heavy (non-hydrogen) atoms. The van der Waals surface area contributed by atoms with E-state index in [2.05, 4.69) is 5.32 Å². The van der Waals surface area contributed by atoms with Crippen LogP contribution in [0.25, 0.3) is 0 Å². The van der Waals surface area contributed by atoms with Gasteiger partial charge in [-0.05, 0) is 13.3 Å². The van der Waals surface area contributed by atoms with Crippen molar-refractivity contribution in [3.8, 4) is 0 Å². The Labute approximate surface area is 104 Å². The summed E-state index contributed by atoms with van der Waals surface area (Å²) in [6.07, 6.45) is -4.46. The van der Waals surface area contributed by atoms with Crippen LogP contribution in [0.5, 0.6) is 0 Å². The van der Waals surface area contributed by atoms with Gasteiger partial charge in [0.1, 0.15) is 0 Å². The first-order valence-corrected chi connectivity index (χ1v) is 5.92. The average Bonchev–Trinajstić information content (AvgIpc) is 2.25. The third-order valence-electron chi connectivity index (χ3n) is 3.20. The van der Waals surface area contributed by atoms with Crippen LogP contribution in [0.15, 0.2) is 0 Å². The molecule has 1 aliphatic rings. The van der Waals surface area contributed by atoms with Crippen molar-refractivity contribution in [2.24, 2.45) is 5.92 Å². The van der Waals surface area contributed by atoms with Gasteiger partial charge in [0.05, 0.1) is 12.6 Å². The van der Waals surface area contributed by atoms with Crippen molar-refractivity contribution in [1.29, 1.82) is 0 Å². The molecule has 1 aliphatic heterocycles. The number of likely N-dealkylation sites (tertiary alicyclic amines) is 1. The van der Waals surface area contributed by atoms with E-state index in [-0.39, 0.29) is 18.4 Å². The fraction of sp³-hybridized carbons (Fsp3) is 0.909. The second-order valence-electron chi connectivity index (χ2n) is 4.85. The number of alkyl halides is 3. The molecule has 1 amide bonds. The molecule has 4 nitrogen and oxygen atoms in total. The zero-order chi connectivity index (χ0) is 13.9. The Balaban J connectivity index is 2.59. The summed E-state index contributed by atoms with van der Waals surface area (Å²) in [5.41, 5.74) is 0. The number of carbonyl (C=O) groups is 1. The van der Waals surface area contributed by atoms with Gasteiger partial charge in [0.15, 0.2) is 0 Å². The number of aliphatic hydroxyl groups is 1. The van der Waals surface area contributed by atoms with Crippen molar-refractivity contribution in [3.05, 3.63) is 0 Å². The zero-order valence-corrected chi connectivity index (χ0v) is 10.5. The Morgan fingerprint density at radius 2 is 2.11 bits per heavy atom. The molecule has 3 unspecified atom stereocenters. The Bertz CT molecular complexity index is 295. The fourth-order valence-corrected chi connectivity index (χ4v) is 2.15. The molecule has 0 radical (unpaired) electrons. The summed E-state index contributed by atoms with van der Waals surface area (Å²) in [6.45, 7) is 2.56. The third kappa shape index (κ3) is 4.81. The number of hydrogen-bond donors (Lipinski definition) is 2. The van der Waals surface area contributed by atoms with Crippen molar-refractivity contribution in [2.45, 2.75) is 38.6 Å². The minimum Gasteiger partial charge on any atom is -0.393 e. The van der Waals surface area contributed by atoms with Crippen LogP contribution in [0, 0.1) is 5.92 Å². The predicted octanol–water partition coefficient (Wildman–Crippen LogP) is 0.756. The smallest absolute Gasteiger partial charge is 0.393 e. The van der Waals surface area contributed by atoms with Crippen LogP contribution in [0.2, 0.25) is 0 Å². The molecular formula is C11H19F3N2O2. The van der Waals surface area contributed by atoms with E-state index in [1.165, 1.54) is 11.8 Å². The van der Waals surface area contributed by atoms with Gasteiger partial charge >= 0.3 is 6.18 Å². The number of nitrogens with zero attached hydrogens (tertiary/aromatic N) is 1. The van der Waals surface area contributed by atoms with Crippen LogP contribution < -0.4 is 5.32 Å². The number of hydrogen-bond acceptors (Lipinski definition) is 3. The largest absolute Gasteiger partial charge is 0.401 e. The monoisotopic (exact) mass is 268 g/mol. The first kappa shape index (κ1) is 15.2. The van der Waals surface area contributed by atoms with Crippen LogP contribution in [0.1, 0.15) is 20.3 Å². The van der Waals surface area contributed by atoms with E-state index in [1.807, 2.05) is 0 Å². The number of amides is 1. The lowest BCUT2D eigenvalue weighted by atomic mass is 9.90. The first-order chi connectivity index (χ1) is 8.19. The molecule has 0 aromatic rings. The number of aliphatic hydroxyl groups excluding tert-OH is 1. The van der Waals surface area contributed by atoms with Crippen molar-refractivity contribution in [2.75, 3.05) is 19.6 Å². The molecule has 0 bridgehead atoms. The minimum atomic E-state index is -4.27. The first-order valence-electron chi connectivity index (χ1n) is 5.92. The molecule has 1 fully saturated rings. The number of piperidine rings is 1. The van der Waals surface area contributed by atoms with Crippen LogP contribution in [-0.2, 0) is 4.79 Å². The van der Waals surface area contributed by atoms with E-state index < -0.39 is 24.9 Å².